The van der Waals surface area contributed by atoms with Gasteiger partial charge in [0.15, 0.2) is 6.10 Å². The summed E-state index contributed by atoms with van der Waals surface area (Å²) < 4.78 is 34.2. The molecule has 0 saturated heterocycles. The van der Waals surface area contributed by atoms with Crippen LogP contribution in [0.25, 0.3) is 0 Å². The molecule has 46 heavy (non-hydrogen) atoms. The van der Waals surface area contributed by atoms with Crippen molar-refractivity contribution in [3.63, 3.8) is 0 Å². The summed E-state index contributed by atoms with van der Waals surface area (Å²) in [7, 11) is 0. The molecule has 1 amide bonds. The van der Waals surface area contributed by atoms with Crippen molar-refractivity contribution in [1.29, 1.82) is 0 Å². The Labute approximate surface area is 282 Å². The fourth-order valence-electron chi connectivity index (χ4n) is 4.82. The molecule has 0 aliphatic rings. The SMILES string of the molecule is C=CCCCCCCOCC(OCCCCCCC=C)C(=O)N(CCCCCCCC)CCOCCOCCOCCOCCO. The van der Waals surface area contributed by atoms with Crippen LogP contribution in [0.4, 0.5) is 0 Å². The second-order valence-corrected chi connectivity index (χ2v) is 11.7. The van der Waals surface area contributed by atoms with Gasteiger partial charge in [0.1, 0.15) is 0 Å². The minimum atomic E-state index is -0.591. The lowest BCUT2D eigenvalue weighted by atomic mass is 10.1. The van der Waals surface area contributed by atoms with Gasteiger partial charge in [0.05, 0.1) is 66.1 Å². The number of unbranched alkanes of at least 4 members (excludes halogenated alkanes) is 13. The maximum absolute atomic E-state index is 13.8. The lowest BCUT2D eigenvalue weighted by molar-refractivity contribution is -0.149. The fourth-order valence-corrected chi connectivity index (χ4v) is 4.82. The van der Waals surface area contributed by atoms with Gasteiger partial charge in [0, 0.05) is 26.3 Å². The number of nitrogens with zero attached hydrogens (tertiary/aromatic N) is 1. The van der Waals surface area contributed by atoms with Crippen LogP contribution in [0.1, 0.15) is 110 Å². The van der Waals surface area contributed by atoms with E-state index in [0.29, 0.717) is 85.8 Å². The summed E-state index contributed by atoms with van der Waals surface area (Å²) in [6.07, 6.45) is 21.2. The summed E-state index contributed by atoms with van der Waals surface area (Å²) in [5.41, 5.74) is 0. The highest BCUT2D eigenvalue weighted by molar-refractivity contribution is 5.81. The zero-order chi connectivity index (χ0) is 33.6. The van der Waals surface area contributed by atoms with E-state index in [0.717, 1.165) is 64.2 Å². The van der Waals surface area contributed by atoms with E-state index < -0.39 is 6.10 Å². The predicted molar refractivity (Wildman–Crippen MR) is 187 cm³/mol. The molecule has 0 saturated carbocycles. The van der Waals surface area contributed by atoms with Crippen molar-refractivity contribution >= 4 is 5.91 Å². The Kier molecular flexibility index (Phi) is 37.0. The maximum Gasteiger partial charge on any atom is 0.254 e. The van der Waals surface area contributed by atoms with Gasteiger partial charge >= 0.3 is 0 Å². The van der Waals surface area contributed by atoms with E-state index in [-0.39, 0.29) is 12.5 Å². The zero-order valence-corrected chi connectivity index (χ0v) is 29.6. The van der Waals surface area contributed by atoms with Gasteiger partial charge in [-0.3, -0.25) is 4.79 Å². The molecule has 0 aromatic carbocycles. The quantitative estimate of drug-likeness (QED) is 0.0563. The first-order chi connectivity index (χ1) is 22.7. The highest BCUT2D eigenvalue weighted by Gasteiger charge is 2.25. The largest absolute Gasteiger partial charge is 0.394 e. The number of aliphatic hydroxyl groups is 1. The van der Waals surface area contributed by atoms with Gasteiger partial charge < -0.3 is 38.4 Å². The van der Waals surface area contributed by atoms with E-state index in [9.17, 15) is 4.79 Å². The van der Waals surface area contributed by atoms with Crippen molar-refractivity contribution in [3.8, 4) is 0 Å². The topological polar surface area (TPSA) is 95.9 Å². The molecule has 0 spiro atoms. The number of amides is 1. The molecule has 0 radical (unpaired) electrons. The highest BCUT2D eigenvalue weighted by atomic mass is 16.6. The van der Waals surface area contributed by atoms with Crippen molar-refractivity contribution in [2.24, 2.45) is 0 Å². The Morgan fingerprint density at radius 3 is 1.67 bits per heavy atom. The Morgan fingerprint density at radius 1 is 0.587 bits per heavy atom. The molecule has 0 aliphatic heterocycles. The molecule has 9 nitrogen and oxygen atoms in total. The third kappa shape index (κ3) is 31.3. The third-order valence-corrected chi connectivity index (χ3v) is 7.56. The van der Waals surface area contributed by atoms with Crippen molar-refractivity contribution in [2.45, 2.75) is 116 Å². The average molecular weight is 658 g/mol. The van der Waals surface area contributed by atoms with Crippen molar-refractivity contribution < 1.29 is 38.3 Å². The molecule has 1 atom stereocenters. The predicted octanol–water partition coefficient (Wildman–Crippen LogP) is 6.91. The van der Waals surface area contributed by atoms with Crippen LogP contribution in [0.15, 0.2) is 25.3 Å². The second kappa shape index (κ2) is 38.1. The van der Waals surface area contributed by atoms with Crippen molar-refractivity contribution in [2.75, 3.05) is 92.4 Å². The van der Waals surface area contributed by atoms with Crippen LogP contribution < -0.4 is 0 Å². The molecule has 1 unspecified atom stereocenters. The summed E-state index contributed by atoms with van der Waals surface area (Å²) in [4.78, 5) is 15.7. The summed E-state index contributed by atoms with van der Waals surface area (Å²) in [5.74, 6) is 0.00571. The Hall–Kier alpha value is -1.33. The van der Waals surface area contributed by atoms with Gasteiger partial charge in [-0.05, 0) is 44.9 Å². The van der Waals surface area contributed by atoms with Crippen molar-refractivity contribution in [3.05, 3.63) is 25.3 Å². The van der Waals surface area contributed by atoms with Crippen molar-refractivity contribution in [1.82, 2.24) is 4.90 Å². The maximum atomic E-state index is 13.8. The number of carbonyl (C=O) groups is 1. The number of carbonyl (C=O) groups excluding carboxylic acids is 1. The molecular weight excluding hydrogens is 586 g/mol. The lowest BCUT2D eigenvalue weighted by Gasteiger charge is -2.28. The molecule has 0 aromatic heterocycles. The van der Waals surface area contributed by atoms with Crippen LogP contribution >= 0.6 is 0 Å². The van der Waals surface area contributed by atoms with Crippen LogP contribution in [0.2, 0.25) is 0 Å². The van der Waals surface area contributed by atoms with E-state index in [4.69, 9.17) is 33.5 Å². The number of hydrogen-bond acceptors (Lipinski definition) is 8. The first kappa shape index (κ1) is 44.7. The van der Waals surface area contributed by atoms with Gasteiger partial charge in [0.25, 0.3) is 5.91 Å². The molecule has 0 fully saturated rings. The summed E-state index contributed by atoms with van der Waals surface area (Å²) >= 11 is 0. The molecular formula is C37H71NO8. The monoisotopic (exact) mass is 658 g/mol. The molecule has 1 N–H and O–H groups in total. The standard InChI is InChI=1S/C37H71NO8/c1-4-7-10-13-16-19-22-38(23-27-41-29-31-43-33-34-44-32-30-42-28-24-39)37(40)36(46-26-21-18-15-12-9-6-3)35-45-25-20-17-14-11-8-5-2/h5-6,36,39H,2-4,7-35H2,1H3. The minimum absolute atomic E-state index is 0.00571. The molecule has 272 valence electrons. The summed E-state index contributed by atoms with van der Waals surface area (Å²) in [6.45, 7) is 16.2. The fraction of sp³-hybridized carbons (Fsp3) is 0.865. The van der Waals surface area contributed by atoms with Crippen LogP contribution in [0, 0.1) is 0 Å². The second-order valence-electron chi connectivity index (χ2n) is 11.7. The summed E-state index contributed by atoms with van der Waals surface area (Å²) in [6, 6.07) is 0. The molecule has 0 aromatic rings. The minimum Gasteiger partial charge on any atom is -0.394 e. The highest BCUT2D eigenvalue weighted by Crippen LogP contribution is 2.11. The van der Waals surface area contributed by atoms with E-state index in [1.54, 1.807) is 0 Å². The first-order valence-electron chi connectivity index (χ1n) is 18.3. The number of hydrogen-bond donors (Lipinski definition) is 1. The molecule has 0 aliphatic carbocycles. The Morgan fingerprint density at radius 2 is 1.09 bits per heavy atom. The van der Waals surface area contributed by atoms with Gasteiger partial charge in [-0.25, -0.2) is 0 Å². The average Bonchev–Trinajstić information content (AvgIpc) is 3.06. The number of allylic oxidation sites excluding steroid dienone is 2. The van der Waals surface area contributed by atoms with Crippen LogP contribution in [-0.4, -0.2) is 114 Å². The van der Waals surface area contributed by atoms with Crippen LogP contribution in [-0.2, 0) is 33.2 Å². The normalized spacial score (nSPS) is 12.0. The molecule has 9 heteroatoms. The van der Waals surface area contributed by atoms with Gasteiger partial charge in [0.2, 0.25) is 0 Å². The molecule has 0 rings (SSSR count). The zero-order valence-electron chi connectivity index (χ0n) is 29.6. The van der Waals surface area contributed by atoms with E-state index in [2.05, 4.69) is 20.1 Å². The van der Waals surface area contributed by atoms with E-state index in [1.165, 1.54) is 38.5 Å². The lowest BCUT2D eigenvalue weighted by Crippen LogP contribution is -2.45. The molecule has 0 bridgehead atoms. The number of rotatable bonds is 39. The smallest absolute Gasteiger partial charge is 0.254 e. The molecule has 0 heterocycles. The Balaban J connectivity index is 4.76. The summed E-state index contributed by atoms with van der Waals surface area (Å²) in [5, 5.41) is 8.69. The van der Waals surface area contributed by atoms with E-state index in [1.807, 2.05) is 17.1 Å². The van der Waals surface area contributed by atoms with Crippen LogP contribution in [0.5, 0.6) is 0 Å². The number of aliphatic hydroxyl groups excluding tert-OH is 1. The Bertz CT molecular complexity index is 651. The number of ether oxygens (including phenoxy) is 6. The first-order valence-corrected chi connectivity index (χ1v) is 18.3. The van der Waals surface area contributed by atoms with Crippen LogP contribution in [0.3, 0.4) is 0 Å². The van der Waals surface area contributed by atoms with E-state index >= 15 is 0 Å². The van der Waals surface area contributed by atoms with Gasteiger partial charge in [-0.15, -0.1) is 13.2 Å². The van der Waals surface area contributed by atoms with Gasteiger partial charge in [-0.2, -0.15) is 0 Å². The third-order valence-electron chi connectivity index (χ3n) is 7.56. The van der Waals surface area contributed by atoms with Gasteiger partial charge in [-0.1, -0.05) is 76.9 Å².